The number of hydrogen-bond donors (Lipinski definition) is 1. The number of amides is 2. The molecule has 0 saturated carbocycles. The van der Waals surface area contributed by atoms with Crippen molar-refractivity contribution in [3.63, 3.8) is 0 Å². The highest BCUT2D eigenvalue weighted by Gasteiger charge is 2.23. The monoisotopic (exact) mass is 298 g/mol. The molecule has 108 valence electrons. The third kappa shape index (κ3) is 3.70. The van der Waals surface area contributed by atoms with Gasteiger partial charge in [0.05, 0.1) is 0 Å². The Bertz CT molecular complexity index is 484. The molecule has 1 saturated heterocycles. The molecule has 0 bridgehead atoms. The van der Waals surface area contributed by atoms with Crippen molar-refractivity contribution in [3.05, 3.63) is 35.6 Å². The molecule has 4 nitrogen and oxygen atoms in total. The molecule has 1 fully saturated rings. The summed E-state index contributed by atoms with van der Waals surface area (Å²) in [5.41, 5.74) is 0.436. The zero-order chi connectivity index (χ0) is 14.5. The number of hydrogen-bond acceptors (Lipinski definition) is 2. The van der Waals surface area contributed by atoms with Gasteiger partial charge in [-0.15, -0.1) is 11.6 Å². The summed E-state index contributed by atoms with van der Waals surface area (Å²) in [7, 11) is 0. The Morgan fingerprint density at radius 3 is 2.40 bits per heavy atom. The number of likely N-dealkylation sites (tertiary alicyclic amines) is 1. The average molecular weight is 299 g/mol. The fourth-order valence-electron chi connectivity index (χ4n) is 2.23. The van der Waals surface area contributed by atoms with Crippen LogP contribution < -0.4 is 5.32 Å². The first-order valence-electron chi connectivity index (χ1n) is 6.50. The molecule has 20 heavy (non-hydrogen) atoms. The highest BCUT2D eigenvalue weighted by molar-refractivity contribution is 6.27. The Morgan fingerprint density at radius 1 is 1.25 bits per heavy atom. The van der Waals surface area contributed by atoms with Gasteiger partial charge in [0.15, 0.2) is 0 Å². The molecule has 1 aromatic rings. The first-order chi connectivity index (χ1) is 9.60. The van der Waals surface area contributed by atoms with Crippen LogP contribution in [0.25, 0.3) is 0 Å². The van der Waals surface area contributed by atoms with Gasteiger partial charge in [-0.3, -0.25) is 9.59 Å². The Labute approximate surface area is 121 Å². The van der Waals surface area contributed by atoms with E-state index >= 15 is 0 Å². The summed E-state index contributed by atoms with van der Waals surface area (Å²) in [4.78, 5) is 25.1. The van der Waals surface area contributed by atoms with Crippen molar-refractivity contribution >= 4 is 23.4 Å². The fraction of sp³-hybridized carbons (Fsp3) is 0.429. The number of alkyl halides is 1. The maximum atomic E-state index is 12.8. The molecular formula is C14H16ClFN2O2. The molecule has 2 amide bonds. The largest absolute Gasteiger partial charge is 0.349 e. The van der Waals surface area contributed by atoms with Crippen molar-refractivity contribution in [2.75, 3.05) is 19.0 Å². The molecule has 0 aromatic heterocycles. The molecular weight excluding hydrogens is 283 g/mol. The number of carbonyl (C=O) groups is 2. The Morgan fingerprint density at radius 2 is 1.85 bits per heavy atom. The predicted molar refractivity (Wildman–Crippen MR) is 74.2 cm³/mol. The van der Waals surface area contributed by atoms with Crippen molar-refractivity contribution < 1.29 is 14.0 Å². The lowest BCUT2D eigenvalue weighted by Crippen LogP contribution is -2.46. The van der Waals surface area contributed by atoms with Gasteiger partial charge in [0, 0.05) is 24.7 Å². The maximum Gasteiger partial charge on any atom is 0.251 e. The number of rotatable bonds is 3. The first kappa shape index (κ1) is 14.8. The number of piperidine rings is 1. The lowest BCUT2D eigenvalue weighted by Gasteiger charge is -2.32. The van der Waals surface area contributed by atoms with E-state index in [-0.39, 0.29) is 29.6 Å². The molecule has 1 aliphatic rings. The van der Waals surface area contributed by atoms with Crippen LogP contribution in [0.2, 0.25) is 0 Å². The van der Waals surface area contributed by atoms with Gasteiger partial charge < -0.3 is 10.2 Å². The van der Waals surface area contributed by atoms with Crippen molar-refractivity contribution in [2.45, 2.75) is 18.9 Å². The number of nitrogens with zero attached hydrogens (tertiary/aromatic N) is 1. The third-order valence-corrected chi connectivity index (χ3v) is 3.63. The van der Waals surface area contributed by atoms with Crippen LogP contribution in [0.5, 0.6) is 0 Å². The normalized spacial score (nSPS) is 16.0. The van der Waals surface area contributed by atoms with Gasteiger partial charge in [0.25, 0.3) is 5.91 Å². The van der Waals surface area contributed by atoms with Gasteiger partial charge in [-0.2, -0.15) is 0 Å². The summed E-state index contributed by atoms with van der Waals surface area (Å²) >= 11 is 5.51. The van der Waals surface area contributed by atoms with Crippen molar-refractivity contribution in [1.29, 1.82) is 0 Å². The van der Waals surface area contributed by atoms with Gasteiger partial charge >= 0.3 is 0 Å². The number of benzene rings is 1. The van der Waals surface area contributed by atoms with Crippen LogP contribution in [0.3, 0.4) is 0 Å². The van der Waals surface area contributed by atoms with Crippen molar-refractivity contribution in [1.82, 2.24) is 10.2 Å². The second kappa shape index (κ2) is 6.70. The summed E-state index contributed by atoms with van der Waals surface area (Å²) in [6.07, 6.45) is 1.41. The molecule has 2 rings (SSSR count). The molecule has 1 aliphatic heterocycles. The van der Waals surface area contributed by atoms with Crippen LogP contribution in [0.4, 0.5) is 4.39 Å². The standard InChI is InChI=1S/C14H16ClFN2O2/c15-9-13(19)18-7-5-12(6-8-18)17-14(20)10-1-3-11(16)4-2-10/h1-4,12H,5-9H2,(H,17,20). The number of carbonyl (C=O) groups excluding carboxylic acids is 2. The lowest BCUT2D eigenvalue weighted by molar-refractivity contribution is -0.129. The Hall–Kier alpha value is -1.62. The minimum absolute atomic E-state index is 0.00734. The average Bonchev–Trinajstić information content (AvgIpc) is 2.48. The van der Waals surface area contributed by atoms with E-state index in [1.807, 2.05) is 0 Å². The molecule has 1 N–H and O–H groups in total. The quantitative estimate of drug-likeness (QED) is 0.865. The fourth-order valence-corrected chi connectivity index (χ4v) is 2.40. The zero-order valence-electron chi connectivity index (χ0n) is 10.9. The Balaban J connectivity index is 1.85. The number of nitrogens with one attached hydrogen (secondary N) is 1. The summed E-state index contributed by atoms with van der Waals surface area (Å²) in [6.45, 7) is 1.19. The Kier molecular flexibility index (Phi) is 4.95. The topological polar surface area (TPSA) is 49.4 Å². The second-order valence-corrected chi connectivity index (χ2v) is 5.04. The molecule has 0 radical (unpaired) electrons. The molecule has 6 heteroatoms. The van der Waals surface area contributed by atoms with Gasteiger partial charge in [-0.1, -0.05) is 0 Å². The molecule has 0 atom stereocenters. The highest BCUT2D eigenvalue weighted by atomic mass is 35.5. The van der Waals surface area contributed by atoms with E-state index in [0.29, 0.717) is 31.5 Å². The van der Waals surface area contributed by atoms with Crippen LogP contribution in [0.1, 0.15) is 23.2 Å². The van der Waals surface area contributed by atoms with Crippen molar-refractivity contribution in [3.8, 4) is 0 Å². The zero-order valence-corrected chi connectivity index (χ0v) is 11.7. The highest BCUT2D eigenvalue weighted by Crippen LogP contribution is 2.12. The summed E-state index contributed by atoms with van der Waals surface area (Å²) in [5, 5.41) is 2.90. The second-order valence-electron chi connectivity index (χ2n) is 4.77. The van der Waals surface area contributed by atoms with Crippen molar-refractivity contribution in [2.24, 2.45) is 0 Å². The molecule has 0 aliphatic carbocycles. The van der Waals surface area contributed by atoms with E-state index in [9.17, 15) is 14.0 Å². The van der Waals surface area contributed by atoms with E-state index in [4.69, 9.17) is 11.6 Å². The predicted octanol–water partition coefficient (Wildman–Crippen LogP) is 1.79. The molecule has 1 heterocycles. The van der Waals surface area contributed by atoms with Gasteiger partial charge in [-0.25, -0.2) is 4.39 Å². The SMILES string of the molecule is O=C(NC1CCN(C(=O)CCl)CC1)c1ccc(F)cc1. The molecule has 0 unspecified atom stereocenters. The third-order valence-electron chi connectivity index (χ3n) is 3.40. The van der Waals surface area contributed by atoms with Gasteiger partial charge in [0.1, 0.15) is 11.7 Å². The minimum atomic E-state index is -0.366. The minimum Gasteiger partial charge on any atom is -0.349 e. The molecule has 1 aromatic carbocycles. The van der Waals surface area contributed by atoms with Crippen LogP contribution in [-0.4, -0.2) is 41.7 Å². The lowest BCUT2D eigenvalue weighted by atomic mass is 10.0. The van der Waals surface area contributed by atoms with E-state index < -0.39 is 0 Å². The summed E-state index contributed by atoms with van der Waals surface area (Å²) < 4.78 is 12.8. The molecule has 0 spiro atoms. The van der Waals surface area contributed by atoms with Crippen LogP contribution in [0, 0.1) is 5.82 Å². The number of halogens is 2. The van der Waals surface area contributed by atoms with E-state index in [2.05, 4.69) is 5.32 Å². The van der Waals surface area contributed by atoms with Crippen LogP contribution in [-0.2, 0) is 4.79 Å². The van der Waals surface area contributed by atoms with E-state index in [1.165, 1.54) is 24.3 Å². The van der Waals surface area contributed by atoms with E-state index in [0.717, 1.165) is 0 Å². The maximum absolute atomic E-state index is 12.8. The summed E-state index contributed by atoms with van der Waals surface area (Å²) in [5.74, 6) is -0.663. The summed E-state index contributed by atoms with van der Waals surface area (Å²) in [6, 6.07) is 5.47. The first-order valence-corrected chi connectivity index (χ1v) is 7.04. The van der Waals surface area contributed by atoms with Crippen LogP contribution >= 0.6 is 11.6 Å². The van der Waals surface area contributed by atoms with E-state index in [1.54, 1.807) is 4.90 Å². The van der Waals surface area contributed by atoms with Crippen LogP contribution in [0.15, 0.2) is 24.3 Å². The van der Waals surface area contributed by atoms with Gasteiger partial charge in [0.2, 0.25) is 5.91 Å². The smallest absolute Gasteiger partial charge is 0.251 e. The van der Waals surface area contributed by atoms with Gasteiger partial charge in [-0.05, 0) is 37.1 Å².